The molecule has 3 aromatic rings. The Morgan fingerprint density at radius 3 is 2.93 bits per heavy atom. The average Bonchev–Trinajstić information content (AvgIpc) is 3.21. The van der Waals surface area contributed by atoms with Gasteiger partial charge in [0.1, 0.15) is 5.75 Å². The monoisotopic (exact) mass is 393 g/mol. The van der Waals surface area contributed by atoms with Crippen molar-refractivity contribution in [3.63, 3.8) is 0 Å². The number of hydrogen-bond donors (Lipinski definition) is 1. The molecule has 2 fully saturated rings. The number of aliphatic hydroxyl groups is 1. The van der Waals surface area contributed by atoms with Gasteiger partial charge in [-0.1, -0.05) is 29.4 Å². The van der Waals surface area contributed by atoms with Crippen LogP contribution in [0.1, 0.15) is 18.4 Å². The maximum absolute atomic E-state index is 9.28. The van der Waals surface area contributed by atoms with E-state index in [1.165, 1.54) is 12.8 Å². The van der Waals surface area contributed by atoms with Gasteiger partial charge in [-0.05, 0) is 42.7 Å². The van der Waals surface area contributed by atoms with Gasteiger partial charge in [0.2, 0.25) is 0 Å². The molecule has 0 saturated carbocycles. The molecule has 152 valence electrons. The van der Waals surface area contributed by atoms with Gasteiger partial charge < -0.3 is 19.3 Å². The normalized spacial score (nSPS) is 22.6. The molecule has 6 nitrogen and oxygen atoms in total. The number of aliphatic hydroxyl groups excluding tert-OH is 1. The summed E-state index contributed by atoms with van der Waals surface area (Å²) in [5.41, 5.74) is 1.75. The van der Waals surface area contributed by atoms with E-state index in [4.69, 9.17) is 9.26 Å². The fourth-order valence-electron chi connectivity index (χ4n) is 4.63. The molecule has 2 saturated heterocycles. The third kappa shape index (κ3) is 3.82. The number of ether oxygens (including phenoxy) is 1. The van der Waals surface area contributed by atoms with Crippen LogP contribution in [0.15, 0.2) is 53.1 Å². The zero-order valence-corrected chi connectivity index (χ0v) is 16.5. The molecule has 0 bridgehead atoms. The van der Waals surface area contributed by atoms with E-state index >= 15 is 0 Å². The maximum Gasteiger partial charge on any atom is 0.180 e. The number of benzene rings is 2. The molecular weight excluding hydrogens is 366 g/mol. The molecule has 0 radical (unpaired) electrons. The minimum atomic E-state index is 0.0490. The second kappa shape index (κ2) is 8.05. The molecule has 5 rings (SSSR count). The van der Waals surface area contributed by atoms with Gasteiger partial charge in [-0.3, -0.25) is 4.90 Å². The van der Waals surface area contributed by atoms with E-state index < -0.39 is 0 Å². The molecule has 0 aliphatic carbocycles. The van der Waals surface area contributed by atoms with Gasteiger partial charge in [-0.15, -0.1) is 0 Å². The average molecular weight is 393 g/mol. The minimum absolute atomic E-state index is 0.0490. The number of aromatic nitrogens is 1. The quantitative estimate of drug-likeness (QED) is 0.718. The van der Waals surface area contributed by atoms with E-state index in [1.54, 1.807) is 0 Å². The van der Waals surface area contributed by atoms with Crippen LogP contribution < -0.4 is 9.64 Å². The van der Waals surface area contributed by atoms with Crippen molar-refractivity contribution in [2.45, 2.75) is 25.5 Å². The Kier molecular flexibility index (Phi) is 5.12. The molecule has 0 amide bonds. The summed E-state index contributed by atoms with van der Waals surface area (Å²) in [6, 6.07) is 16.4. The fourth-order valence-corrected chi connectivity index (χ4v) is 4.63. The van der Waals surface area contributed by atoms with Gasteiger partial charge in [0, 0.05) is 38.1 Å². The summed E-state index contributed by atoms with van der Waals surface area (Å²) in [7, 11) is 0. The van der Waals surface area contributed by atoms with Crippen LogP contribution in [0.25, 0.3) is 11.0 Å². The van der Waals surface area contributed by atoms with E-state index in [2.05, 4.69) is 21.0 Å². The smallest absolute Gasteiger partial charge is 0.180 e. The van der Waals surface area contributed by atoms with Crippen molar-refractivity contribution in [2.24, 2.45) is 5.92 Å². The lowest BCUT2D eigenvalue weighted by Crippen LogP contribution is -2.57. The van der Waals surface area contributed by atoms with E-state index in [0.717, 1.165) is 60.9 Å². The summed E-state index contributed by atoms with van der Waals surface area (Å²) >= 11 is 0. The first-order valence-corrected chi connectivity index (χ1v) is 10.5. The molecule has 6 heteroatoms. The van der Waals surface area contributed by atoms with E-state index in [9.17, 15) is 5.11 Å². The topological polar surface area (TPSA) is 62.0 Å². The first kappa shape index (κ1) is 18.5. The van der Waals surface area contributed by atoms with E-state index in [-0.39, 0.29) is 6.61 Å². The van der Waals surface area contributed by atoms with Gasteiger partial charge in [0.25, 0.3) is 0 Å². The van der Waals surface area contributed by atoms with Crippen molar-refractivity contribution in [1.29, 1.82) is 0 Å². The number of hydrogen-bond acceptors (Lipinski definition) is 6. The number of para-hydroxylation sites is 1. The number of piperazine rings is 1. The molecule has 2 aromatic carbocycles. The number of anilines is 1. The number of fused-ring (bicyclic) bond motifs is 2. The van der Waals surface area contributed by atoms with Gasteiger partial charge in [0.05, 0.1) is 18.6 Å². The molecule has 1 aromatic heterocycles. The Balaban J connectivity index is 1.18. The molecule has 2 aliphatic heterocycles. The van der Waals surface area contributed by atoms with Gasteiger partial charge in [0.15, 0.2) is 11.4 Å². The summed E-state index contributed by atoms with van der Waals surface area (Å²) in [5.74, 6) is 2.37. The number of rotatable bonds is 5. The second-order valence-corrected chi connectivity index (χ2v) is 8.16. The maximum atomic E-state index is 9.28. The zero-order valence-electron chi connectivity index (χ0n) is 16.5. The predicted molar refractivity (Wildman–Crippen MR) is 112 cm³/mol. The van der Waals surface area contributed by atoms with Crippen LogP contribution in [-0.2, 0) is 6.61 Å². The van der Waals surface area contributed by atoms with Gasteiger partial charge >= 0.3 is 0 Å². The van der Waals surface area contributed by atoms with Crippen LogP contribution >= 0.6 is 0 Å². The lowest BCUT2D eigenvalue weighted by molar-refractivity contribution is 0.0726. The Bertz CT molecular complexity index is 973. The number of piperidine rings is 1. The first-order chi connectivity index (χ1) is 14.3. The standard InChI is InChI=1S/C23H27N3O3/c27-15-17-4-3-5-20(12-17)28-16-18-8-9-19-14-26(11-10-25(19)13-18)23-21-6-1-2-7-22(21)29-24-23/h1-7,12,18-19,27H,8-11,13-16H2. The molecule has 1 N–H and O–H groups in total. The molecule has 2 atom stereocenters. The highest BCUT2D eigenvalue weighted by Crippen LogP contribution is 2.31. The van der Waals surface area contributed by atoms with E-state index in [1.807, 2.05) is 42.5 Å². The Hall–Kier alpha value is -2.57. The molecule has 3 heterocycles. The van der Waals surface area contributed by atoms with Crippen molar-refractivity contribution in [1.82, 2.24) is 10.1 Å². The van der Waals surface area contributed by atoms with Crippen LogP contribution in [0.4, 0.5) is 5.82 Å². The molecule has 0 spiro atoms. The predicted octanol–water partition coefficient (Wildman–Crippen LogP) is 3.30. The Morgan fingerprint density at radius 2 is 2.00 bits per heavy atom. The summed E-state index contributed by atoms with van der Waals surface area (Å²) in [4.78, 5) is 4.99. The lowest BCUT2D eigenvalue weighted by Gasteiger charge is -2.46. The van der Waals surface area contributed by atoms with Gasteiger partial charge in [-0.25, -0.2) is 0 Å². The van der Waals surface area contributed by atoms with Crippen molar-refractivity contribution < 1.29 is 14.4 Å². The Labute approximate surface area is 170 Å². The van der Waals surface area contributed by atoms with Crippen LogP contribution in [0.5, 0.6) is 5.75 Å². The second-order valence-electron chi connectivity index (χ2n) is 8.16. The minimum Gasteiger partial charge on any atom is -0.493 e. The summed E-state index contributed by atoms with van der Waals surface area (Å²) in [6.07, 6.45) is 2.35. The van der Waals surface area contributed by atoms with Crippen molar-refractivity contribution in [3.8, 4) is 5.75 Å². The third-order valence-corrected chi connectivity index (χ3v) is 6.23. The fraction of sp³-hybridized carbons (Fsp3) is 0.435. The van der Waals surface area contributed by atoms with Crippen LogP contribution in [0, 0.1) is 5.92 Å². The third-order valence-electron chi connectivity index (χ3n) is 6.23. The highest BCUT2D eigenvalue weighted by atomic mass is 16.5. The van der Waals surface area contributed by atoms with Crippen molar-refractivity contribution >= 4 is 16.8 Å². The summed E-state index contributed by atoms with van der Waals surface area (Å²) < 4.78 is 11.5. The molecule has 2 unspecified atom stereocenters. The van der Waals surface area contributed by atoms with Crippen molar-refractivity contribution in [2.75, 3.05) is 37.7 Å². The highest BCUT2D eigenvalue weighted by Gasteiger charge is 2.34. The van der Waals surface area contributed by atoms with Crippen molar-refractivity contribution in [3.05, 3.63) is 54.1 Å². The summed E-state index contributed by atoms with van der Waals surface area (Å²) in [6.45, 7) is 4.88. The van der Waals surface area contributed by atoms with E-state index in [0.29, 0.717) is 12.0 Å². The lowest BCUT2D eigenvalue weighted by atomic mass is 9.91. The zero-order chi connectivity index (χ0) is 19.6. The summed E-state index contributed by atoms with van der Waals surface area (Å²) in [5, 5.41) is 14.7. The van der Waals surface area contributed by atoms with Crippen LogP contribution in [0.2, 0.25) is 0 Å². The van der Waals surface area contributed by atoms with Gasteiger partial charge in [-0.2, -0.15) is 0 Å². The molecule has 29 heavy (non-hydrogen) atoms. The molecule has 2 aliphatic rings. The first-order valence-electron chi connectivity index (χ1n) is 10.5. The SMILES string of the molecule is OCc1cccc(OCC2CCC3CN(c4noc5ccccc45)CCN3C2)c1. The number of nitrogens with zero attached hydrogens (tertiary/aromatic N) is 3. The highest BCUT2D eigenvalue weighted by molar-refractivity contribution is 5.88. The Morgan fingerprint density at radius 1 is 1.07 bits per heavy atom. The largest absolute Gasteiger partial charge is 0.493 e. The van der Waals surface area contributed by atoms with Crippen LogP contribution in [-0.4, -0.2) is 54.0 Å². The molecular formula is C23H27N3O3. The van der Waals surface area contributed by atoms with Crippen LogP contribution in [0.3, 0.4) is 0 Å².